The van der Waals surface area contributed by atoms with Crippen LogP contribution in [0.2, 0.25) is 5.02 Å². The van der Waals surface area contributed by atoms with Crippen molar-refractivity contribution in [1.29, 1.82) is 0 Å². The van der Waals surface area contributed by atoms with Gasteiger partial charge in [0.1, 0.15) is 18.7 Å². The molecule has 1 aromatic carbocycles. The van der Waals surface area contributed by atoms with Crippen LogP contribution in [0, 0.1) is 0 Å². The molecule has 1 heterocycles. The molecule has 2 aromatic rings. The molecule has 5 nitrogen and oxygen atoms in total. The molecule has 1 N–H and O–H groups in total. The van der Waals surface area contributed by atoms with Gasteiger partial charge in [-0.15, -0.1) is 0 Å². The Morgan fingerprint density at radius 1 is 1.47 bits per heavy atom. The van der Waals surface area contributed by atoms with Crippen LogP contribution in [0.1, 0.15) is 13.0 Å². The van der Waals surface area contributed by atoms with Crippen LogP contribution in [0.3, 0.4) is 0 Å². The Morgan fingerprint density at radius 2 is 2.24 bits per heavy atom. The van der Waals surface area contributed by atoms with Crippen LogP contribution in [0.25, 0.3) is 0 Å². The molecule has 0 aliphatic heterocycles. The average Bonchev–Trinajstić information content (AvgIpc) is 2.84. The number of benzene rings is 1. The van der Waals surface area contributed by atoms with Gasteiger partial charge in [-0.3, -0.25) is 4.79 Å². The van der Waals surface area contributed by atoms with Gasteiger partial charge in [0.05, 0.1) is 10.7 Å². The van der Waals surface area contributed by atoms with E-state index in [2.05, 4.69) is 15.4 Å². The third-order valence-electron chi connectivity index (χ3n) is 2.34. The third kappa shape index (κ3) is 2.62. The predicted molar refractivity (Wildman–Crippen MR) is 64.8 cm³/mol. The number of amides is 1. The molecule has 0 bridgehead atoms. The number of carbonyl (C=O) groups is 1. The Hall–Kier alpha value is -1.88. The number of nitrogens with one attached hydrogen (secondary N) is 1. The molecular formula is C11H11ClN4O. The van der Waals surface area contributed by atoms with Crippen molar-refractivity contribution in [3.63, 3.8) is 0 Å². The normalized spacial score (nSPS) is 12.1. The van der Waals surface area contributed by atoms with E-state index in [1.165, 1.54) is 17.3 Å². The van der Waals surface area contributed by atoms with E-state index in [1.807, 2.05) is 6.07 Å². The van der Waals surface area contributed by atoms with Gasteiger partial charge in [0, 0.05) is 0 Å². The number of anilines is 1. The van der Waals surface area contributed by atoms with E-state index in [4.69, 9.17) is 11.6 Å². The third-order valence-corrected chi connectivity index (χ3v) is 2.67. The second-order valence-electron chi connectivity index (χ2n) is 3.52. The van der Waals surface area contributed by atoms with Crippen molar-refractivity contribution in [2.75, 3.05) is 5.32 Å². The molecule has 88 valence electrons. The van der Waals surface area contributed by atoms with Crippen LogP contribution in [0.5, 0.6) is 0 Å². The molecule has 0 saturated carbocycles. The lowest BCUT2D eigenvalue weighted by Gasteiger charge is -2.12. The fourth-order valence-corrected chi connectivity index (χ4v) is 1.52. The Labute approximate surface area is 103 Å². The van der Waals surface area contributed by atoms with Crippen LogP contribution in [-0.4, -0.2) is 20.7 Å². The van der Waals surface area contributed by atoms with E-state index in [1.54, 1.807) is 25.1 Å². The van der Waals surface area contributed by atoms with E-state index in [0.29, 0.717) is 10.7 Å². The van der Waals surface area contributed by atoms with Crippen LogP contribution in [0.4, 0.5) is 5.69 Å². The molecule has 1 atom stereocenters. The molecule has 0 radical (unpaired) electrons. The monoisotopic (exact) mass is 250 g/mol. The number of hydrogen-bond donors (Lipinski definition) is 1. The van der Waals surface area contributed by atoms with Gasteiger partial charge in [-0.1, -0.05) is 23.7 Å². The standard InChI is InChI=1S/C11H11ClN4O/c1-8(16-7-13-6-14-16)11(17)15-10-5-3-2-4-9(10)12/h2-8H,1H3,(H,15,17). The number of halogens is 1. The molecule has 0 fully saturated rings. The maximum absolute atomic E-state index is 11.9. The smallest absolute Gasteiger partial charge is 0.249 e. The van der Waals surface area contributed by atoms with Crippen LogP contribution < -0.4 is 5.32 Å². The van der Waals surface area contributed by atoms with E-state index < -0.39 is 6.04 Å². The topological polar surface area (TPSA) is 59.8 Å². The van der Waals surface area contributed by atoms with Crippen LogP contribution in [-0.2, 0) is 4.79 Å². The lowest BCUT2D eigenvalue weighted by Crippen LogP contribution is -2.24. The Morgan fingerprint density at radius 3 is 2.88 bits per heavy atom. The van der Waals surface area contributed by atoms with E-state index in [-0.39, 0.29) is 5.91 Å². The second kappa shape index (κ2) is 4.97. The van der Waals surface area contributed by atoms with E-state index in [9.17, 15) is 4.79 Å². The van der Waals surface area contributed by atoms with Crippen LogP contribution >= 0.6 is 11.6 Å². The lowest BCUT2D eigenvalue weighted by atomic mass is 10.2. The number of nitrogens with zero attached hydrogens (tertiary/aromatic N) is 3. The first-order chi connectivity index (χ1) is 8.18. The molecule has 0 aliphatic carbocycles. The number of carbonyl (C=O) groups excluding carboxylic acids is 1. The van der Waals surface area contributed by atoms with Crippen molar-refractivity contribution < 1.29 is 4.79 Å². The second-order valence-corrected chi connectivity index (χ2v) is 3.93. The Kier molecular flexibility index (Phi) is 3.39. The Balaban J connectivity index is 2.10. The highest BCUT2D eigenvalue weighted by Crippen LogP contribution is 2.21. The minimum absolute atomic E-state index is 0.191. The molecular weight excluding hydrogens is 240 g/mol. The zero-order valence-electron chi connectivity index (χ0n) is 9.17. The summed E-state index contributed by atoms with van der Waals surface area (Å²) in [6, 6.07) is 6.64. The fourth-order valence-electron chi connectivity index (χ4n) is 1.34. The zero-order valence-corrected chi connectivity index (χ0v) is 9.93. The highest BCUT2D eigenvalue weighted by atomic mass is 35.5. The molecule has 6 heteroatoms. The summed E-state index contributed by atoms with van der Waals surface area (Å²) in [7, 11) is 0. The van der Waals surface area contributed by atoms with Gasteiger partial charge in [-0.25, -0.2) is 9.67 Å². The van der Waals surface area contributed by atoms with Crippen molar-refractivity contribution in [3.8, 4) is 0 Å². The van der Waals surface area contributed by atoms with Crippen molar-refractivity contribution in [2.45, 2.75) is 13.0 Å². The van der Waals surface area contributed by atoms with Gasteiger partial charge in [-0.2, -0.15) is 5.10 Å². The number of para-hydroxylation sites is 1. The van der Waals surface area contributed by atoms with Crippen LogP contribution in [0.15, 0.2) is 36.9 Å². The summed E-state index contributed by atoms with van der Waals surface area (Å²) in [4.78, 5) is 15.7. The first-order valence-corrected chi connectivity index (χ1v) is 5.46. The highest BCUT2D eigenvalue weighted by molar-refractivity contribution is 6.33. The number of rotatable bonds is 3. The highest BCUT2D eigenvalue weighted by Gasteiger charge is 2.16. The summed E-state index contributed by atoms with van der Waals surface area (Å²) in [6.07, 6.45) is 2.89. The van der Waals surface area contributed by atoms with Gasteiger partial charge in [0.15, 0.2) is 0 Å². The zero-order chi connectivity index (χ0) is 12.3. The summed E-state index contributed by atoms with van der Waals surface area (Å²) in [5.74, 6) is -0.191. The fraction of sp³-hybridized carbons (Fsp3) is 0.182. The molecule has 0 saturated heterocycles. The summed E-state index contributed by atoms with van der Waals surface area (Å²) in [5, 5.41) is 7.16. The van der Waals surface area contributed by atoms with Gasteiger partial charge in [0.2, 0.25) is 5.91 Å². The molecule has 1 unspecified atom stereocenters. The van der Waals surface area contributed by atoms with Crippen molar-refractivity contribution in [2.24, 2.45) is 0 Å². The summed E-state index contributed by atoms with van der Waals surface area (Å²) >= 11 is 5.95. The summed E-state index contributed by atoms with van der Waals surface area (Å²) < 4.78 is 1.48. The molecule has 17 heavy (non-hydrogen) atoms. The molecule has 1 aromatic heterocycles. The van der Waals surface area contributed by atoms with Gasteiger partial charge in [0.25, 0.3) is 0 Å². The van der Waals surface area contributed by atoms with E-state index in [0.717, 1.165) is 0 Å². The molecule has 2 rings (SSSR count). The lowest BCUT2D eigenvalue weighted by molar-refractivity contribution is -0.119. The maximum atomic E-state index is 11.9. The largest absolute Gasteiger partial charge is 0.323 e. The van der Waals surface area contributed by atoms with Crippen molar-refractivity contribution in [3.05, 3.63) is 41.9 Å². The summed E-state index contributed by atoms with van der Waals surface area (Å²) in [6.45, 7) is 1.74. The predicted octanol–water partition coefficient (Wildman–Crippen LogP) is 2.13. The summed E-state index contributed by atoms with van der Waals surface area (Å²) in [5.41, 5.74) is 0.589. The van der Waals surface area contributed by atoms with Crippen molar-refractivity contribution in [1.82, 2.24) is 14.8 Å². The van der Waals surface area contributed by atoms with Gasteiger partial charge >= 0.3 is 0 Å². The molecule has 0 spiro atoms. The van der Waals surface area contributed by atoms with Crippen molar-refractivity contribution >= 4 is 23.2 Å². The quantitative estimate of drug-likeness (QED) is 0.908. The Bertz CT molecular complexity index is 512. The number of aromatic nitrogens is 3. The maximum Gasteiger partial charge on any atom is 0.249 e. The molecule has 1 amide bonds. The van der Waals surface area contributed by atoms with Gasteiger partial charge in [-0.05, 0) is 19.1 Å². The average molecular weight is 251 g/mol. The van der Waals surface area contributed by atoms with Gasteiger partial charge < -0.3 is 5.32 Å². The first-order valence-electron chi connectivity index (χ1n) is 5.08. The minimum atomic E-state index is -0.436. The minimum Gasteiger partial charge on any atom is -0.323 e. The number of hydrogen-bond acceptors (Lipinski definition) is 3. The first kappa shape index (κ1) is 11.6. The SMILES string of the molecule is CC(C(=O)Nc1ccccc1Cl)n1cncn1. The molecule has 0 aliphatic rings. The van der Waals surface area contributed by atoms with E-state index >= 15 is 0 Å².